The molecule has 0 spiro atoms. The van der Waals surface area contributed by atoms with Gasteiger partial charge in [0.25, 0.3) is 5.91 Å². The average molecular weight is 505 g/mol. The van der Waals surface area contributed by atoms with Crippen molar-refractivity contribution >= 4 is 11.9 Å². The van der Waals surface area contributed by atoms with Gasteiger partial charge in [0.2, 0.25) is 0 Å². The van der Waals surface area contributed by atoms with Crippen LogP contribution < -0.4 is 0 Å². The average Bonchev–Trinajstić information content (AvgIpc) is 2.87. The van der Waals surface area contributed by atoms with Crippen molar-refractivity contribution in [2.75, 3.05) is 26.2 Å². The first kappa shape index (κ1) is 26.9. The molecule has 4 atom stereocenters. The number of phenols is 1. The topological polar surface area (TPSA) is 70.1 Å². The van der Waals surface area contributed by atoms with Gasteiger partial charge in [0.1, 0.15) is 11.9 Å². The van der Waals surface area contributed by atoms with Crippen molar-refractivity contribution in [3.63, 3.8) is 0 Å². The van der Waals surface area contributed by atoms with Gasteiger partial charge in [-0.1, -0.05) is 50.3 Å². The van der Waals surface area contributed by atoms with Crippen LogP contribution in [0.25, 0.3) is 0 Å². The van der Waals surface area contributed by atoms with E-state index in [1.165, 1.54) is 6.92 Å². The van der Waals surface area contributed by atoms with Crippen LogP contribution in [0.4, 0.5) is 0 Å². The van der Waals surface area contributed by atoms with Gasteiger partial charge in [-0.3, -0.25) is 14.5 Å². The molecule has 2 fully saturated rings. The Morgan fingerprint density at radius 2 is 1.97 bits per heavy atom. The predicted octanol–water partition coefficient (Wildman–Crippen LogP) is 5.03. The number of likely N-dealkylation sites (tertiary alicyclic amines) is 1. The van der Waals surface area contributed by atoms with Crippen LogP contribution in [-0.4, -0.2) is 65.1 Å². The van der Waals surface area contributed by atoms with Gasteiger partial charge in [0.15, 0.2) is 0 Å². The first-order valence-corrected chi connectivity index (χ1v) is 13.4. The number of aromatic hydroxyl groups is 1. The van der Waals surface area contributed by atoms with Crippen molar-refractivity contribution in [1.29, 1.82) is 0 Å². The van der Waals surface area contributed by atoms with Crippen LogP contribution in [0.3, 0.4) is 0 Å². The third-order valence-corrected chi connectivity index (χ3v) is 8.00. The summed E-state index contributed by atoms with van der Waals surface area (Å²) in [6.45, 7) is 12.7. The molecule has 37 heavy (non-hydrogen) atoms. The Morgan fingerprint density at radius 3 is 2.62 bits per heavy atom. The Kier molecular flexibility index (Phi) is 8.38. The van der Waals surface area contributed by atoms with Crippen molar-refractivity contribution in [1.82, 2.24) is 9.80 Å². The Morgan fingerprint density at radius 1 is 1.22 bits per heavy atom. The lowest BCUT2D eigenvalue weighted by Gasteiger charge is -2.56. The zero-order chi connectivity index (χ0) is 26.6. The summed E-state index contributed by atoms with van der Waals surface area (Å²) in [5.41, 5.74) is 1.38. The predicted molar refractivity (Wildman–Crippen MR) is 145 cm³/mol. The molecule has 0 bridgehead atoms. The molecular formula is C31H40N2O4. The normalized spacial score (nSPS) is 25.8. The third-order valence-electron chi connectivity index (χ3n) is 8.00. The highest BCUT2D eigenvalue weighted by atomic mass is 16.5. The van der Waals surface area contributed by atoms with E-state index in [0.717, 1.165) is 38.0 Å². The van der Waals surface area contributed by atoms with E-state index in [1.807, 2.05) is 53.4 Å². The second kappa shape index (κ2) is 11.5. The molecule has 198 valence electrons. The molecule has 1 aliphatic heterocycles. The minimum atomic E-state index is -0.343. The van der Waals surface area contributed by atoms with Crippen LogP contribution in [0.1, 0.15) is 56.0 Å². The molecule has 0 radical (unpaired) electrons. The fourth-order valence-corrected chi connectivity index (χ4v) is 6.51. The number of benzene rings is 2. The highest BCUT2D eigenvalue weighted by molar-refractivity contribution is 5.94. The molecule has 2 aromatic carbocycles. The lowest BCUT2D eigenvalue weighted by atomic mass is 9.56. The number of phenolic OH excluding ortho intramolecular Hbond substituents is 1. The number of esters is 1. The molecule has 2 aliphatic rings. The van der Waals surface area contributed by atoms with E-state index in [9.17, 15) is 14.7 Å². The van der Waals surface area contributed by atoms with Gasteiger partial charge in [-0.2, -0.15) is 0 Å². The molecule has 2 aromatic rings. The lowest BCUT2D eigenvalue weighted by Crippen LogP contribution is -2.62. The van der Waals surface area contributed by atoms with Crippen molar-refractivity contribution in [2.24, 2.45) is 11.8 Å². The van der Waals surface area contributed by atoms with Gasteiger partial charge in [-0.05, 0) is 55.1 Å². The summed E-state index contributed by atoms with van der Waals surface area (Å²) in [4.78, 5) is 30.6. The van der Waals surface area contributed by atoms with Crippen molar-refractivity contribution in [2.45, 2.75) is 57.6 Å². The van der Waals surface area contributed by atoms with Crippen molar-refractivity contribution < 1.29 is 19.4 Å². The van der Waals surface area contributed by atoms with Crippen molar-refractivity contribution in [3.05, 3.63) is 78.4 Å². The Labute approximate surface area is 220 Å². The molecule has 6 heteroatoms. The monoisotopic (exact) mass is 504 g/mol. The number of nitrogens with zero attached hydrogens (tertiary/aromatic N) is 2. The number of rotatable bonds is 8. The molecular weight excluding hydrogens is 464 g/mol. The van der Waals surface area contributed by atoms with Crippen LogP contribution >= 0.6 is 0 Å². The van der Waals surface area contributed by atoms with Crippen LogP contribution in [0, 0.1) is 11.8 Å². The van der Waals surface area contributed by atoms with E-state index in [-0.39, 0.29) is 47.0 Å². The molecule has 1 saturated carbocycles. The van der Waals surface area contributed by atoms with Gasteiger partial charge in [-0.25, -0.2) is 0 Å². The van der Waals surface area contributed by atoms with Gasteiger partial charge in [0.05, 0.1) is 0 Å². The van der Waals surface area contributed by atoms with Crippen LogP contribution in [-0.2, 0) is 14.9 Å². The maximum absolute atomic E-state index is 13.9. The van der Waals surface area contributed by atoms with Gasteiger partial charge >= 0.3 is 5.97 Å². The zero-order valence-electron chi connectivity index (χ0n) is 22.3. The maximum Gasteiger partial charge on any atom is 0.302 e. The lowest BCUT2D eigenvalue weighted by molar-refractivity contribution is -0.158. The number of fused-ring (bicyclic) bond motifs is 1. The number of carbonyl (C=O) groups excluding carboxylic acids is 2. The minimum Gasteiger partial charge on any atom is -0.508 e. The first-order valence-electron chi connectivity index (χ1n) is 13.4. The highest BCUT2D eigenvalue weighted by Crippen LogP contribution is 2.51. The molecule has 6 nitrogen and oxygen atoms in total. The fraction of sp³-hybridized carbons (Fsp3) is 0.484. The summed E-state index contributed by atoms with van der Waals surface area (Å²) in [7, 11) is 0. The quantitative estimate of drug-likeness (QED) is 0.403. The zero-order valence-corrected chi connectivity index (χ0v) is 22.3. The summed E-state index contributed by atoms with van der Waals surface area (Å²) in [5.74, 6) is 0.250. The van der Waals surface area contributed by atoms with Crippen LogP contribution in [0.15, 0.2) is 67.3 Å². The van der Waals surface area contributed by atoms with E-state index in [0.29, 0.717) is 18.5 Å². The number of ether oxygens (including phenoxy) is 1. The van der Waals surface area contributed by atoms with Gasteiger partial charge in [-0.15, -0.1) is 6.58 Å². The van der Waals surface area contributed by atoms with E-state index in [1.54, 1.807) is 6.07 Å². The molecule has 4 rings (SSSR count). The molecule has 1 heterocycles. The number of hydrogen-bond acceptors (Lipinski definition) is 5. The first-order chi connectivity index (χ1) is 17.7. The smallest absolute Gasteiger partial charge is 0.302 e. The van der Waals surface area contributed by atoms with E-state index >= 15 is 0 Å². The number of piperidine rings is 1. The van der Waals surface area contributed by atoms with E-state index < -0.39 is 0 Å². The Hall–Kier alpha value is -3.12. The van der Waals surface area contributed by atoms with Gasteiger partial charge in [0, 0.05) is 55.9 Å². The molecule has 0 aromatic heterocycles. The summed E-state index contributed by atoms with van der Waals surface area (Å²) in [6, 6.07) is 16.8. The minimum absolute atomic E-state index is 0.00878. The summed E-state index contributed by atoms with van der Waals surface area (Å²) in [5, 5.41) is 10.4. The number of carbonyl (C=O) groups is 2. The van der Waals surface area contributed by atoms with Crippen LogP contribution in [0.5, 0.6) is 5.75 Å². The van der Waals surface area contributed by atoms with Crippen molar-refractivity contribution in [3.8, 4) is 5.75 Å². The fourth-order valence-electron chi connectivity index (χ4n) is 6.51. The van der Waals surface area contributed by atoms with E-state index in [4.69, 9.17) is 4.74 Å². The highest BCUT2D eigenvalue weighted by Gasteiger charge is 2.54. The van der Waals surface area contributed by atoms with E-state index in [2.05, 4.69) is 31.4 Å². The SMILES string of the molecule is C=CCN1CCC2(c3cccc(O)c3)C[C@H](N(CC(C)C)C(=O)c3ccccc3)CC(OC(C)=O)C2C1. The van der Waals surface area contributed by atoms with Crippen LogP contribution in [0.2, 0.25) is 0 Å². The molecule has 1 aliphatic carbocycles. The maximum atomic E-state index is 13.9. The molecule has 1 N–H and O–H groups in total. The molecule has 1 amide bonds. The molecule has 3 unspecified atom stereocenters. The Balaban J connectivity index is 1.80. The standard InChI is InChI=1S/C31H40N2O4/c1-5-15-32-16-14-31(25-12-9-13-27(35)17-25)19-26(18-29(28(31)21-32)37-23(4)34)33(20-22(2)3)30(36)24-10-7-6-8-11-24/h5-13,17,22,26,28-29,35H,1,14-16,18-21H2,2-4H3/t26-,28?,29?,31?/m1/s1. The molecule has 1 saturated heterocycles. The summed E-state index contributed by atoms with van der Waals surface area (Å²) in [6.07, 6.45) is 3.77. The Bertz CT molecular complexity index is 1100. The largest absolute Gasteiger partial charge is 0.508 e. The van der Waals surface area contributed by atoms with Gasteiger partial charge < -0.3 is 14.7 Å². The summed E-state index contributed by atoms with van der Waals surface area (Å²) >= 11 is 0. The number of amides is 1. The second-order valence-corrected chi connectivity index (χ2v) is 11.1. The second-order valence-electron chi connectivity index (χ2n) is 11.1. The summed E-state index contributed by atoms with van der Waals surface area (Å²) < 4.78 is 6.04. The number of hydrogen-bond donors (Lipinski definition) is 1. The third kappa shape index (κ3) is 5.90.